The van der Waals surface area contributed by atoms with E-state index >= 15 is 0 Å². The van der Waals surface area contributed by atoms with Crippen LogP contribution in [0.25, 0.3) is 0 Å². The van der Waals surface area contributed by atoms with Gasteiger partial charge in [0.2, 0.25) is 5.91 Å². The number of nitrogens with zero attached hydrogens (tertiary/aromatic N) is 4. The normalized spacial score (nSPS) is 12.3. The van der Waals surface area contributed by atoms with Gasteiger partial charge in [0.25, 0.3) is 0 Å². The van der Waals surface area contributed by atoms with Gasteiger partial charge in [0.15, 0.2) is 11.6 Å². The minimum Gasteiger partial charge on any atom is -0.481 e. The summed E-state index contributed by atoms with van der Waals surface area (Å²) in [7, 11) is 0. The molecule has 0 aliphatic rings. The van der Waals surface area contributed by atoms with Gasteiger partial charge in [-0.25, -0.2) is 4.79 Å². The van der Waals surface area contributed by atoms with Crippen molar-refractivity contribution >= 4 is 47.0 Å². The molecule has 1 heterocycles. The van der Waals surface area contributed by atoms with E-state index in [1.807, 2.05) is 6.07 Å². The Kier molecular flexibility index (Phi) is 10.1. The SMILES string of the molecule is C[C@H](NC(=O)OCc1ccccc1)C(=O)NC(CC(=O)O)C(=O)Cn1nnc(Cc2c(Cl)cccc2Cl)n1. The van der Waals surface area contributed by atoms with Crippen LogP contribution in [0, 0.1) is 0 Å². The molecule has 1 aromatic heterocycles. The molecule has 3 aromatic rings. The van der Waals surface area contributed by atoms with Crippen molar-refractivity contribution in [2.45, 2.75) is 45.0 Å². The van der Waals surface area contributed by atoms with E-state index in [-0.39, 0.29) is 18.9 Å². The van der Waals surface area contributed by atoms with Gasteiger partial charge < -0.3 is 20.5 Å². The lowest BCUT2D eigenvalue weighted by atomic mass is 10.1. The molecule has 0 fully saturated rings. The number of carboxylic acids is 1. The van der Waals surface area contributed by atoms with E-state index in [4.69, 9.17) is 27.9 Å². The molecule has 1 unspecified atom stereocenters. The number of aliphatic carboxylic acids is 1. The third kappa shape index (κ3) is 8.53. The summed E-state index contributed by atoms with van der Waals surface area (Å²) in [6.07, 6.45) is -1.38. The van der Waals surface area contributed by atoms with Gasteiger partial charge >= 0.3 is 12.1 Å². The zero-order valence-corrected chi connectivity index (χ0v) is 21.6. The molecule has 200 valence electrons. The zero-order valence-electron chi connectivity index (χ0n) is 20.1. The molecule has 0 aliphatic carbocycles. The number of nitrogens with one attached hydrogen (secondary N) is 2. The highest BCUT2D eigenvalue weighted by molar-refractivity contribution is 6.36. The van der Waals surface area contributed by atoms with E-state index in [0.29, 0.717) is 15.6 Å². The Morgan fingerprint density at radius 3 is 2.37 bits per heavy atom. The number of alkyl carbamates (subject to hydrolysis) is 1. The van der Waals surface area contributed by atoms with Crippen LogP contribution in [0.2, 0.25) is 10.0 Å². The van der Waals surface area contributed by atoms with Crippen LogP contribution in [0.4, 0.5) is 4.79 Å². The minimum absolute atomic E-state index is 0.00326. The predicted molar refractivity (Wildman–Crippen MR) is 136 cm³/mol. The van der Waals surface area contributed by atoms with E-state index in [1.165, 1.54) is 6.92 Å². The van der Waals surface area contributed by atoms with Crippen LogP contribution in [0.5, 0.6) is 0 Å². The molecule has 0 aliphatic heterocycles. The summed E-state index contributed by atoms with van der Waals surface area (Å²) in [5, 5.41) is 26.5. The lowest BCUT2D eigenvalue weighted by molar-refractivity contribution is -0.140. The number of Topliss-reactive ketones (excluding diaryl/α,β-unsaturated/α-hetero) is 1. The summed E-state index contributed by atoms with van der Waals surface area (Å²) in [6, 6.07) is 11.4. The molecule has 2 atom stereocenters. The minimum atomic E-state index is -1.41. The number of benzene rings is 2. The number of ketones is 1. The van der Waals surface area contributed by atoms with E-state index in [1.54, 1.807) is 42.5 Å². The number of aromatic nitrogens is 4. The Balaban J connectivity index is 1.56. The lowest BCUT2D eigenvalue weighted by Crippen LogP contribution is -2.51. The molecule has 0 radical (unpaired) electrons. The Hall–Kier alpha value is -4.03. The second-order valence-corrected chi connectivity index (χ2v) is 8.98. The molecule has 0 bridgehead atoms. The number of carbonyl (C=O) groups is 4. The van der Waals surface area contributed by atoms with Gasteiger partial charge in [-0.05, 0) is 35.4 Å². The molecule has 38 heavy (non-hydrogen) atoms. The second-order valence-electron chi connectivity index (χ2n) is 8.17. The summed E-state index contributed by atoms with van der Waals surface area (Å²) >= 11 is 12.3. The predicted octanol–water partition coefficient (Wildman–Crippen LogP) is 2.41. The smallest absolute Gasteiger partial charge is 0.408 e. The third-order valence-electron chi connectivity index (χ3n) is 5.21. The van der Waals surface area contributed by atoms with Crippen LogP contribution in [0.15, 0.2) is 48.5 Å². The van der Waals surface area contributed by atoms with Crippen molar-refractivity contribution in [3.05, 3.63) is 75.5 Å². The van der Waals surface area contributed by atoms with Crippen molar-refractivity contribution in [3.8, 4) is 0 Å². The molecule has 2 aromatic carbocycles. The molecule has 0 saturated heterocycles. The number of hydrogen-bond donors (Lipinski definition) is 3. The van der Waals surface area contributed by atoms with Crippen LogP contribution >= 0.6 is 23.2 Å². The van der Waals surface area contributed by atoms with Crippen molar-refractivity contribution in [3.63, 3.8) is 0 Å². The highest BCUT2D eigenvalue weighted by Gasteiger charge is 2.27. The fraction of sp³-hybridized carbons (Fsp3) is 0.292. The molecule has 0 saturated carbocycles. The first kappa shape index (κ1) is 28.5. The van der Waals surface area contributed by atoms with Crippen LogP contribution < -0.4 is 10.6 Å². The average Bonchev–Trinajstić information content (AvgIpc) is 3.31. The first-order valence-corrected chi connectivity index (χ1v) is 12.1. The maximum Gasteiger partial charge on any atom is 0.408 e. The first-order chi connectivity index (χ1) is 18.1. The van der Waals surface area contributed by atoms with Crippen molar-refractivity contribution < 1.29 is 29.0 Å². The Bertz CT molecular complexity index is 1280. The number of rotatable bonds is 12. The molecule has 14 heteroatoms. The van der Waals surface area contributed by atoms with Crippen LogP contribution in [-0.2, 0) is 38.7 Å². The van der Waals surface area contributed by atoms with Gasteiger partial charge in [-0.1, -0.05) is 59.6 Å². The average molecular weight is 563 g/mol. The summed E-state index contributed by atoms with van der Waals surface area (Å²) in [5.41, 5.74) is 1.34. The topological polar surface area (TPSA) is 165 Å². The van der Waals surface area contributed by atoms with Gasteiger partial charge in [0.05, 0.1) is 6.42 Å². The number of carbonyl (C=O) groups excluding carboxylic acids is 3. The van der Waals surface area contributed by atoms with Gasteiger partial charge in [0.1, 0.15) is 25.2 Å². The summed E-state index contributed by atoms with van der Waals surface area (Å²) in [4.78, 5) is 49.7. The fourth-order valence-corrected chi connectivity index (χ4v) is 3.78. The zero-order chi connectivity index (χ0) is 27.7. The van der Waals surface area contributed by atoms with Gasteiger partial charge in [-0.2, -0.15) is 4.80 Å². The van der Waals surface area contributed by atoms with E-state index in [2.05, 4.69) is 26.0 Å². The molecule has 3 N–H and O–H groups in total. The van der Waals surface area contributed by atoms with Gasteiger partial charge in [-0.3, -0.25) is 14.4 Å². The number of halogens is 2. The van der Waals surface area contributed by atoms with Crippen molar-refractivity contribution in [2.75, 3.05) is 0 Å². The van der Waals surface area contributed by atoms with E-state index < -0.39 is 48.8 Å². The summed E-state index contributed by atoms with van der Waals surface area (Å²) in [6.45, 7) is 0.908. The quantitative estimate of drug-likeness (QED) is 0.300. The van der Waals surface area contributed by atoms with Gasteiger partial charge in [0, 0.05) is 16.5 Å². The molecular weight excluding hydrogens is 539 g/mol. The molecule has 3 rings (SSSR count). The number of carboxylic acid groups (broad SMARTS) is 1. The largest absolute Gasteiger partial charge is 0.481 e. The monoisotopic (exact) mass is 562 g/mol. The molecule has 2 amide bonds. The van der Waals surface area contributed by atoms with Crippen molar-refractivity contribution in [2.24, 2.45) is 0 Å². The third-order valence-corrected chi connectivity index (χ3v) is 5.92. The molecule has 12 nitrogen and oxygen atoms in total. The number of amides is 2. The highest BCUT2D eigenvalue weighted by atomic mass is 35.5. The lowest BCUT2D eigenvalue weighted by Gasteiger charge is -2.19. The number of tetrazole rings is 1. The number of hydrogen-bond acceptors (Lipinski definition) is 8. The van der Waals surface area contributed by atoms with E-state index in [9.17, 15) is 24.3 Å². The maximum atomic E-state index is 12.8. The van der Waals surface area contributed by atoms with Crippen molar-refractivity contribution in [1.82, 2.24) is 30.8 Å². The Morgan fingerprint density at radius 2 is 1.71 bits per heavy atom. The first-order valence-electron chi connectivity index (χ1n) is 11.3. The van der Waals surface area contributed by atoms with Crippen molar-refractivity contribution in [1.29, 1.82) is 0 Å². The maximum absolute atomic E-state index is 12.8. The number of ether oxygens (including phenoxy) is 1. The fourth-order valence-electron chi connectivity index (χ4n) is 3.25. The molecule has 0 spiro atoms. The van der Waals surface area contributed by atoms with Crippen LogP contribution in [-0.4, -0.2) is 61.2 Å². The second kappa shape index (κ2) is 13.5. The summed E-state index contributed by atoms with van der Waals surface area (Å²) in [5.74, 6) is -2.54. The van der Waals surface area contributed by atoms with Crippen LogP contribution in [0.3, 0.4) is 0 Å². The van der Waals surface area contributed by atoms with Gasteiger partial charge in [-0.15, -0.1) is 10.2 Å². The molecular formula is C24H24Cl2N6O6. The van der Waals surface area contributed by atoms with E-state index in [0.717, 1.165) is 10.4 Å². The highest BCUT2D eigenvalue weighted by Crippen LogP contribution is 2.25. The van der Waals surface area contributed by atoms with Crippen LogP contribution in [0.1, 0.15) is 30.3 Å². The Morgan fingerprint density at radius 1 is 1.03 bits per heavy atom. The standard InChI is InChI=1S/C24H24Cl2N6O6/c1-14(27-24(37)38-13-15-6-3-2-4-7-15)23(36)28-19(11-22(34)35)20(33)12-32-30-21(29-31-32)10-16-17(25)8-5-9-18(16)26/h2-9,14,19H,10-13H2,1H3,(H,27,37)(H,28,36)(H,34,35)/t14-,19?/m0/s1. The summed E-state index contributed by atoms with van der Waals surface area (Å²) < 4.78 is 5.07. The Labute approximate surface area is 227 Å².